The van der Waals surface area contributed by atoms with Gasteiger partial charge in [0, 0.05) is 6.42 Å². The molecule has 3 rings (SSSR count). The minimum Gasteiger partial charge on any atom is -0.489 e. The molecular formula is C31H39N3O9. The molecule has 12 heteroatoms. The predicted molar refractivity (Wildman–Crippen MR) is 156 cm³/mol. The largest absolute Gasteiger partial charge is 0.489 e. The molecule has 1 unspecified atom stereocenters. The number of rotatable bonds is 13. The fraction of sp³-hybridized carbons (Fsp3) is 0.452. The third-order valence-electron chi connectivity index (χ3n) is 6.34. The molecular weight excluding hydrogens is 558 g/mol. The number of carboxylic acids is 1. The molecule has 0 fully saturated rings. The molecule has 0 spiro atoms. The number of alkyl carbamates (subject to hydrolysis) is 1. The summed E-state index contributed by atoms with van der Waals surface area (Å²) in [6, 6.07) is 15.6. The summed E-state index contributed by atoms with van der Waals surface area (Å²) in [7, 11) is 0. The van der Waals surface area contributed by atoms with Crippen LogP contribution in [-0.2, 0) is 35.3 Å². The number of hydrogen-bond acceptors (Lipinski definition) is 9. The van der Waals surface area contributed by atoms with Crippen LogP contribution in [0.5, 0.6) is 5.75 Å². The zero-order chi connectivity index (χ0) is 31.6. The Hall–Kier alpha value is -4.61. The molecule has 1 aliphatic heterocycles. The van der Waals surface area contributed by atoms with E-state index in [-0.39, 0.29) is 25.6 Å². The van der Waals surface area contributed by atoms with E-state index < -0.39 is 53.6 Å². The molecule has 2 aromatic carbocycles. The van der Waals surface area contributed by atoms with Crippen LogP contribution in [0.2, 0.25) is 0 Å². The molecule has 3 N–H and O–H groups in total. The van der Waals surface area contributed by atoms with Crippen molar-refractivity contribution in [2.24, 2.45) is 11.1 Å². The fourth-order valence-electron chi connectivity index (χ4n) is 4.22. The minimum absolute atomic E-state index is 0.0615. The maximum atomic E-state index is 13.7. The van der Waals surface area contributed by atoms with Crippen molar-refractivity contribution in [2.75, 3.05) is 6.61 Å². The van der Waals surface area contributed by atoms with Gasteiger partial charge in [-0.3, -0.25) is 9.59 Å². The highest BCUT2D eigenvalue weighted by Crippen LogP contribution is 2.29. The first-order valence-corrected chi connectivity index (χ1v) is 13.9. The molecule has 0 radical (unpaired) electrons. The van der Waals surface area contributed by atoms with Crippen LogP contribution in [0.25, 0.3) is 0 Å². The standard InChI is InChI=1S/C31H39N3O9/c1-20(2)26(33-29(39)40-18-21-12-8-6-9-13-21)24-17-31(43-34-24,19-41-22-14-10-7-11-15-22)28(38)32-23(27(36)37)16-25(35)42-30(3,4)5/h6-15,20,23,26H,16-19H2,1-5H3,(H,32,38)(H,33,39)(H,36,37)/t23-,26-,31?/m0/s1. The zero-order valence-electron chi connectivity index (χ0n) is 25.0. The van der Waals surface area contributed by atoms with Crippen LogP contribution in [0.3, 0.4) is 0 Å². The summed E-state index contributed by atoms with van der Waals surface area (Å²) >= 11 is 0. The number of carboxylic acid groups (broad SMARTS) is 1. The van der Waals surface area contributed by atoms with Crippen LogP contribution in [0.4, 0.5) is 4.79 Å². The molecule has 0 saturated heterocycles. The Morgan fingerprint density at radius 1 is 1.00 bits per heavy atom. The third kappa shape index (κ3) is 10.0. The van der Waals surface area contributed by atoms with E-state index in [1.54, 1.807) is 51.1 Å². The number of oxime groups is 1. The van der Waals surface area contributed by atoms with Crippen molar-refractivity contribution < 1.29 is 43.3 Å². The summed E-state index contributed by atoms with van der Waals surface area (Å²) in [5.41, 5.74) is -1.49. The van der Waals surface area contributed by atoms with Gasteiger partial charge in [-0.25, -0.2) is 9.59 Å². The van der Waals surface area contributed by atoms with Crippen molar-refractivity contribution in [3.05, 3.63) is 66.2 Å². The zero-order valence-corrected chi connectivity index (χ0v) is 25.0. The third-order valence-corrected chi connectivity index (χ3v) is 6.34. The van der Waals surface area contributed by atoms with Gasteiger partial charge in [-0.1, -0.05) is 67.5 Å². The molecule has 2 amide bonds. The molecule has 1 heterocycles. The number of carbonyl (C=O) groups excluding carboxylic acids is 3. The average Bonchev–Trinajstić information content (AvgIpc) is 3.38. The predicted octanol–water partition coefficient (Wildman–Crippen LogP) is 3.83. The van der Waals surface area contributed by atoms with Crippen molar-refractivity contribution in [2.45, 2.75) is 77.4 Å². The molecule has 0 saturated carbocycles. The highest BCUT2D eigenvalue weighted by Gasteiger charge is 2.51. The van der Waals surface area contributed by atoms with E-state index >= 15 is 0 Å². The Kier molecular flexibility index (Phi) is 11.1. The van der Waals surface area contributed by atoms with Gasteiger partial charge in [0.1, 0.15) is 30.6 Å². The van der Waals surface area contributed by atoms with Crippen molar-refractivity contribution in [1.29, 1.82) is 0 Å². The Labute approximate surface area is 250 Å². The smallest absolute Gasteiger partial charge is 0.408 e. The normalized spacial score (nSPS) is 17.6. The lowest BCUT2D eigenvalue weighted by atomic mass is 9.89. The number of esters is 1. The van der Waals surface area contributed by atoms with E-state index in [9.17, 15) is 24.3 Å². The van der Waals surface area contributed by atoms with Crippen LogP contribution < -0.4 is 15.4 Å². The highest BCUT2D eigenvalue weighted by molar-refractivity contribution is 6.00. The molecule has 0 aromatic heterocycles. The maximum absolute atomic E-state index is 13.7. The summed E-state index contributed by atoms with van der Waals surface area (Å²) in [6.07, 6.45) is -1.42. The van der Waals surface area contributed by atoms with Crippen molar-refractivity contribution in [3.8, 4) is 5.75 Å². The minimum atomic E-state index is -1.80. The van der Waals surface area contributed by atoms with E-state index in [4.69, 9.17) is 19.0 Å². The maximum Gasteiger partial charge on any atom is 0.408 e. The van der Waals surface area contributed by atoms with Crippen LogP contribution in [0.15, 0.2) is 65.8 Å². The molecule has 3 atom stereocenters. The number of nitrogens with zero attached hydrogens (tertiary/aromatic N) is 1. The second-order valence-electron chi connectivity index (χ2n) is 11.5. The highest BCUT2D eigenvalue weighted by atomic mass is 16.7. The molecule has 12 nitrogen and oxygen atoms in total. The second kappa shape index (κ2) is 14.5. The molecule has 0 bridgehead atoms. The topological polar surface area (TPSA) is 162 Å². The second-order valence-corrected chi connectivity index (χ2v) is 11.5. The lowest BCUT2D eigenvalue weighted by molar-refractivity contribution is -0.160. The summed E-state index contributed by atoms with van der Waals surface area (Å²) in [6.45, 7) is 8.38. The van der Waals surface area contributed by atoms with Gasteiger partial charge in [0.2, 0.25) is 0 Å². The Morgan fingerprint density at radius 2 is 1.63 bits per heavy atom. The van der Waals surface area contributed by atoms with Crippen LogP contribution >= 0.6 is 0 Å². The lowest BCUT2D eigenvalue weighted by Crippen LogP contribution is -2.56. The number of hydrogen-bond donors (Lipinski definition) is 3. The molecule has 2 aromatic rings. The number of amides is 2. The summed E-state index contributed by atoms with van der Waals surface area (Å²) in [5, 5.41) is 19.1. The number of benzene rings is 2. The average molecular weight is 598 g/mol. The SMILES string of the molecule is CC(C)[C@H](NC(=O)OCc1ccccc1)C1=NOC(COc2ccccc2)(C(=O)N[C@@H](CC(=O)OC(C)(C)C)C(=O)O)C1. The summed E-state index contributed by atoms with van der Waals surface area (Å²) in [5.74, 6) is -2.82. The van der Waals surface area contributed by atoms with Crippen molar-refractivity contribution >= 4 is 29.7 Å². The number of nitrogens with one attached hydrogen (secondary N) is 2. The van der Waals surface area contributed by atoms with Gasteiger partial charge in [-0.05, 0) is 44.4 Å². The first-order chi connectivity index (χ1) is 20.3. The van der Waals surface area contributed by atoms with Gasteiger partial charge in [0.15, 0.2) is 0 Å². The van der Waals surface area contributed by atoms with Crippen molar-refractivity contribution in [3.63, 3.8) is 0 Å². The van der Waals surface area contributed by atoms with E-state index in [0.29, 0.717) is 11.5 Å². The van der Waals surface area contributed by atoms with E-state index in [1.165, 1.54) is 0 Å². The quantitative estimate of drug-likeness (QED) is 0.291. The van der Waals surface area contributed by atoms with E-state index in [2.05, 4.69) is 15.8 Å². The van der Waals surface area contributed by atoms with Gasteiger partial charge in [0.25, 0.3) is 11.5 Å². The van der Waals surface area contributed by atoms with Gasteiger partial charge < -0.3 is 34.8 Å². The Balaban J connectivity index is 1.76. The number of para-hydroxylation sites is 1. The van der Waals surface area contributed by atoms with Gasteiger partial charge in [-0.2, -0.15) is 0 Å². The molecule has 0 aliphatic carbocycles. The Bertz CT molecular complexity index is 1290. The summed E-state index contributed by atoms with van der Waals surface area (Å²) < 4.78 is 16.4. The van der Waals surface area contributed by atoms with Crippen LogP contribution in [-0.4, -0.2) is 64.6 Å². The lowest BCUT2D eigenvalue weighted by Gasteiger charge is -2.28. The number of aliphatic carboxylic acids is 1. The van der Waals surface area contributed by atoms with Crippen molar-refractivity contribution in [1.82, 2.24) is 10.6 Å². The Morgan fingerprint density at radius 3 is 2.21 bits per heavy atom. The van der Waals surface area contributed by atoms with Gasteiger partial charge >= 0.3 is 18.0 Å². The van der Waals surface area contributed by atoms with E-state index in [1.807, 2.05) is 44.2 Å². The first-order valence-electron chi connectivity index (χ1n) is 13.9. The van der Waals surface area contributed by atoms with Gasteiger partial charge in [-0.15, -0.1) is 0 Å². The molecule has 1 aliphatic rings. The van der Waals surface area contributed by atoms with Gasteiger partial charge in [0.05, 0.1) is 18.2 Å². The molecule has 232 valence electrons. The van der Waals surface area contributed by atoms with E-state index in [0.717, 1.165) is 5.56 Å². The monoisotopic (exact) mass is 597 g/mol. The number of ether oxygens (including phenoxy) is 3. The summed E-state index contributed by atoms with van der Waals surface area (Å²) in [4.78, 5) is 56.4. The molecule has 43 heavy (non-hydrogen) atoms. The fourth-order valence-corrected chi connectivity index (χ4v) is 4.22. The van der Waals surface area contributed by atoms with Crippen LogP contribution in [0.1, 0.15) is 53.0 Å². The van der Waals surface area contributed by atoms with Crippen LogP contribution in [0, 0.1) is 5.92 Å². The first kappa shape index (κ1) is 32.9. The number of carbonyl (C=O) groups is 4.